The lowest BCUT2D eigenvalue weighted by Crippen LogP contribution is -2.68. The van der Waals surface area contributed by atoms with Gasteiger partial charge in [0.15, 0.2) is 17.8 Å². The molecule has 9 heteroatoms. The summed E-state index contributed by atoms with van der Waals surface area (Å²) in [4.78, 5) is 40.2. The topological polar surface area (TPSA) is 136 Å². The number of aliphatic hydroxyl groups is 3. The van der Waals surface area contributed by atoms with Crippen molar-refractivity contribution >= 4 is 17.5 Å². The van der Waals surface area contributed by atoms with Crippen molar-refractivity contribution in [2.75, 3.05) is 13.7 Å². The Morgan fingerprint density at radius 3 is 2.56 bits per heavy atom. The minimum Gasteiger partial charge on any atom is -0.492 e. The van der Waals surface area contributed by atoms with Gasteiger partial charge >= 0.3 is 0 Å². The molecule has 1 aliphatic carbocycles. The van der Waals surface area contributed by atoms with Gasteiger partial charge in [-0.2, -0.15) is 0 Å². The molecule has 0 aromatic carbocycles. The number of hydrogen-bond acceptors (Lipinski definition) is 8. The molecule has 5 atom stereocenters. The Bertz CT molecular complexity index is 800. The van der Waals surface area contributed by atoms with Gasteiger partial charge in [0.2, 0.25) is 11.7 Å². The molecule has 0 aromatic rings. The Hall–Kier alpha value is -2.07. The van der Waals surface area contributed by atoms with Crippen molar-refractivity contribution in [1.29, 1.82) is 0 Å². The number of aliphatic hydroxyl groups excluding tert-OH is 2. The van der Waals surface area contributed by atoms with Crippen molar-refractivity contribution in [2.24, 2.45) is 5.92 Å². The molecule has 0 radical (unpaired) electrons. The van der Waals surface area contributed by atoms with Crippen LogP contribution in [0.15, 0.2) is 22.5 Å². The number of allylic oxidation sites excluding steroid dienone is 2. The maximum atomic E-state index is 13.0. The zero-order chi connectivity index (χ0) is 19.6. The van der Waals surface area contributed by atoms with Crippen LogP contribution in [0.2, 0.25) is 0 Å². The van der Waals surface area contributed by atoms with Gasteiger partial charge in [0.1, 0.15) is 0 Å². The van der Waals surface area contributed by atoms with Gasteiger partial charge in [0.05, 0.1) is 31.8 Å². The third kappa shape index (κ3) is 2.35. The molecule has 0 aromatic heterocycles. The van der Waals surface area contributed by atoms with Crippen LogP contribution in [0.5, 0.6) is 0 Å². The van der Waals surface area contributed by atoms with Crippen LogP contribution in [-0.2, 0) is 19.1 Å². The molecule has 2 bridgehead atoms. The average molecular weight is 378 g/mol. The second-order valence-electron chi connectivity index (χ2n) is 7.48. The minimum atomic E-state index is -1.60. The Labute approximate surface area is 155 Å². The van der Waals surface area contributed by atoms with Crippen LogP contribution < -0.4 is 5.32 Å². The number of hydrogen-bond donors (Lipinski definition) is 4. The Balaban J connectivity index is 1.82. The zero-order valence-electron chi connectivity index (χ0n) is 15.0. The number of amides is 1. The van der Waals surface area contributed by atoms with Gasteiger partial charge in [-0.05, 0) is 19.8 Å². The highest BCUT2D eigenvalue weighted by Crippen LogP contribution is 2.43. The van der Waals surface area contributed by atoms with E-state index in [2.05, 4.69) is 5.32 Å². The fourth-order valence-corrected chi connectivity index (χ4v) is 5.05. The number of carbonyl (C=O) groups is 3. The first-order valence-corrected chi connectivity index (χ1v) is 8.94. The van der Waals surface area contributed by atoms with E-state index >= 15 is 0 Å². The van der Waals surface area contributed by atoms with Gasteiger partial charge in [-0.3, -0.25) is 14.4 Å². The van der Waals surface area contributed by atoms with Gasteiger partial charge in [0, 0.05) is 28.7 Å². The maximum Gasteiger partial charge on any atom is 0.240 e. The predicted octanol–water partition coefficient (Wildman–Crippen LogP) is -2.01. The third-order valence-electron chi connectivity index (χ3n) is 6.26. The normalized spacial score (nSPS) is 35.9. The number of ether oxygens (including phenoxy) is 1. The van der Waals surface area contributed by atoms with Crippen molar-refractivity contribution < 1.29 is 34.4 Å². The summed E-state index contributed by atoms with van der Waals surface area (Å²) >= 11 is 0. The highest BCUT2D eigenvalue weighted by molar-refractivity contribution is 6.25. The fraction of sp³-hybridized carbons (Fsp3) is 0.611. The lowest BCUT2D eigenvalue weighted by atomic mass is 9.75. The molecule has 1 unspecified atom stereocenters. The van der Waals surface area contributed by atoms with E-state index in [9.17, 15) is 29.7 Å². The number of piperazine rings is 1. The molecule has 27 heavy (non-hydrogen) atoms. The third-order valence-corrected chi connectivity index (χ3v) is 6.26. The molecule has 0 saturated carbocycles. The highest BCUT2D eigenvalue weighted by atomic mass is 16.5. The van der Waals surface area contributed by atoms with Crippen molar-refractivity contribution in [3.05, 3.63) is 22.5 Å². The van der Waals surface area contributed by atoms with Crippen LogP contribution in [0.25, 0.3) is 0 Å². The summed E-state index contributed by atoms with van der Waals surface area (Å²) in [7, 11) is 1.30. The van der Waals surface area contributed by atoms with E-state index < -0.39 is 48.8 Å². The molecule has 1 amide bonds. The van der Waals surface area contributed by atoms with E-state index in [4.69, 9.17) is 4.74 Å². The molecular formula is C18H22N2O7. The quantitative estimate of drug-likeness (QED) is 0.327. The van der Waals surface area contributed by atoms with Gasteiger partial charge < -0.3 is 30.3 Å². The van der Waals surface area contributed by atoms with Crippen molar-refractivity contribution in [3.8, 4) is 0 Å². The van der Waals surface area contributed by atoms with E-state index in [1.807, 2.05) is 0 Å². The van der Waals surface area contributed by atoms with E-state index in [1.165, 1.54) is 18.9 Å². The van der Waals surface area contributed by atoms with E-state index in [0.29, 0.717) is 0 Å². The molecule has 4 rings (SSSR count). The molecule has 4 N–H and O–H groups in total. The van der Waals surface area contributed by atoms with Gasteiger partial charge in [-0.15, -0.1) is 0 Å². The minimum absolute atomic E-state index is 0.0649. The SMILES string of the molecule is COC1=C(C)C(=O)C2=C(C1=O)[C@H](CO)N1C(=O)[C@@H]3C[C@@H](C(O)O)C(N3)[C@@H]1C2. The number of nitrogens with zero attached hydrogens (tertiary/aromatic N) is 1. The van der Waals surface area contributed by atoms with Crippen molar-refractivity contribution in [1.82, 2.24) is 10.2 Å². The second-order valence-corrected chi connectivity index (χ2v) is 7.48. The number of methoxy groups -OCH3 is 1. The summed E-state index contributed by atoms with van der Waals surface area (Å²) in [5.41, 5.74) is 0.575. The molecule has 9 nitrogen and oxygen atoms in total. The Morgan fingerprint density at radius 1 is 1.26 bits per heavy atom. The van der Waals surface area contributed by atoms with E-state index in [1.54, 1.807) is 0 Å². The summed E-state index contributed by atoms with van der Waals surface area (Å²) < 4.78 is 5.11. The first-order valence-electron chi connectivity index (χ1n) is 8.94. The number of Topliss-reactive ketones (excluding diaryl/α,β-unsaturated/α-hetero) is 2. The van der Waals surface area contributed by atoms with Crippen LogP contribution in [-0.4, -0.2) is 81.9 Å². The Kier molecular flexibility index (Phi) is 4.22. The number of fused-ring (bicyclic) bond motifs is 4. The molecule has 3 aliphatic heterocycles. The van der Waals surface area contributed by atoms with E-state index in [0.717, 1.165) is 0 Å². The van der Waals surface area contributed by atoms with Crippen molar-refractivity contribution in [2.45, 2.75) is 50.2 Å². The zero-order valence-corrected chi connectivity index (χ0v) is 15.0. The standard InChI is InChI=1S/C18H22N2O7/c1-6-14(22)7-4-10-13-8(18(25)26)3-9(19-13)17(24)20(10)11(5-21)12(7)15(23)16(6)27-2/h8-11,13,18-19,21,25-26H,3-5H2,1-2H3/t8-,9+,10+,11+,13?/m1/s1. The average Bonchev–Trinajstić information content (AvgIpc) is 3.05. The van der Waals surface area contributed by atoms with Crippen LogP contribution in [0.3, 0.4) is 0 Å². The summed E-state index contributed by atoms with van der Waals surface area (Å²) in [6.45, 7) is 1.00. The van der Waals surface area contributed by atoms with Crippen LogP contribution in [0.4, 0.5) is 0 Å². The molecule has 3 heterocycles. The number of ketones is 2. The second kappa shape index (κ2) is 6.23. The summed E-state index contributed by atoms with van der Waals surface area (Å²) in [5.74, 6) is -1.77. The maximum absolute atomic E-state index is 13.0. The van der Waals surface area contributed by atoms with E-state index in [-0.39, 0.29) is 47.0 Å². The molecular weight excluding hydrogens is 356 g/mol. The van der Waals surface area contributed by atoms with Gasteiger partial charge in [-0.25, -0.2) is 0 Å². The fourth-order valence-electron chi connectivity index (χ4n) is 5.05. The molecule has 146 valence electrons. The Morgan fingerprint density at radius 2 is 1.96 bits per heavy atom. The van der Waals surface area contributed by atoms with Gasteiger partial charge in [-0.1, -0.05) is 0 Å². The number of rotatable bonds is 3. The highest BCUT2D eigenvalue weighted by Gasteiger charge is 2.57. The summed E-state index contributed by atoms with van der Waals surface area (Å²) in [6, 6.07) is -2.55. The molecule has 0 spiro atoms. The smallest absolute Gasteiger partial charge is 0.240 e. The van der Waals surface area contributed by atoms with Crippen molar-refractivity contribution in [3.63, 3.8) is 0 Å². The van der Waals surface area contributed by atoms with Crippen LogP contribution in [0, 0.1) is 5.92 Å². The first kappa shape index (κ1) is 18.3. The lowest BCUT2D eigenvalue weighted by Gasteiger charge is -2.49. The number of nitrogens with one attached hydrogen (secondary N) is 1. The van der Waals surface area contributed by atoms with Crippen LogP contribution in [0.1, 0.15) is 19.8 Å². The van der Waals surface area contributed by atoms with Crippen LogP contribution >= 0.6 is 0 Å². The summed E-state index contributed by atoms with van der Waals surface area (Å²) in [5, 5.41) is 32.6. The largest absolute Gasteiger partial charge is 0.492 e. The summed E-state index contributed by atoms with van der Waals surface area (Å²) in [6.07, 6.45) is -1.24. The molecule has 4 aliphatic rings. The monoisotopic (exact) mass is 378 g/mol. The lowest BCUT2D eigenvalue weighted by molar-refractivity contribution is -0.144. The molecule has 2 saturated heterocycles. The predicted molar refractivity (Wildman–Crippen MR) is 89.9 cm³/mol. The van der Waals surface area contributed by atoms with Gasteiger partial charge in [0.25, 0.3) is 0 Å². The first-order chi connectivity index (χ1) is 12.8. The number of carbonyl (C=O) groups excluding carboxylic acids is 3. The molecule has 2 fully saturated rings.